The molecular formula is C23H28N2O4. The van der Waals surface area contributed by atoms with E-state index < -0.39 is 12.1 Å². The highest BCUT2D eigenvalue weighted by atomic mass is 16.6. The van der Waals surface area contributed by atoms with Crippen molar-refractivity contribution in [3.05, 3.63) is 59.7 Å². The molecule has 6 nitrogen and oxygen atoms in total. The first-order valence-electron chi connectivity index (χ1n) is 9.92. The van der Waals surface area contributed by atoms with Crippen LogP contribution in [0.3, 0.4) is 0 Å². The van der Waals surface area contributed by atoms with Crippen LogP contribution in [0, 0.1) is 13.8 Å². The van der Waals surface area contributed by atoms with Crippen molar-refractivity contribution in [2.75, 3.05) is 37.7 Å². The first-order chi connectivity index (χ1) is 13.9. The summed E-state index contributed by atoms with van der Waals surface area (Å²) in [6.07, 6.45) is -0.826. The van der Waals surface area contributed by atoms with Gasteiger partial charge in [0.15, 0.2) is 12.7 Å². The van der Waals surface area contributed by atoms with Crippen LogP contribution in [0.5, 0.6) is 5.75 Å². The zero-order chi connectivity index (χ0) is 20.8. The van der Waals surface area contributed by atoms with Crippen LogP contribution < -0.4 is 9.64 Å². The molecule has 1 saturated heterocycles. The smallest absolute Gasteiger partial charge is 0.344 e. The van der Waals surface area contributed by atoms with E-state index in [1.54, 1.807) is 11.8 Å². The number of nitrogens with zero attached hydrogens (tertiary/aromatic N) is 2. The maximum absolute atomic E-state index is 12.6. The summed E-state index contributed by atoms with van der Waals surface area (Å²) in [5, 5.41) is 0. The fourth-order valence-electron chi connectivity index (χ4n) is 3.36. The molecule has 1 unspecified atom stereocenters. The Morgan fingerprint density at radius 1 is 1.00 bits per heavy atom. The minimum Gasteiger partial charge on any atom is -0.482 e. The van der Waals surface area contributed by atoms with Gasteiger partial charge in [-0.05, 0) is 50.1 Å². The quantitative estimate of drug-likeness (QED) is 0.703. The van der Waals surface area contributed by atoms with Crippen LogP contribution in [-0.4, -0.2) is 55.7 Å². The van der Waals surface area contributed by atoms with E-state index in [0.29, 0.717) is 18.8 Å². The van der Waals surface area contributed by atoms with Gasteiger partial charge in [-0.15, -0.1) is 0 Å². The van der Waals surface area contributed by atoms with Gasteiger partial charge in [-0.3, -0.25) is 4.79 Å². The second-order valence-electron chi connectivity index (χ2n) is 7.34. The lowest BCUT2D eigenvalue weighted by Crippen LogP contribution is -2.51. The summed E-state index contributed by atoms with van der Waals surface area (Å²) in [5.74, 6) is -0.0644. The van der Waals surface area contributed by atoms with Gasteiger partial charge in [0.05, 0.1) is 0 Å². The molecule has 0 saturated carbocycles. The van der Waals surface area contributed by atoms with Gasteiger partial charge in [0.1, 0.15) is 5.75 Å². The summed E-state index contributed by atoms with van der Waals surface area (Å²) in [7, 11) is 0. The number of hydrogen-bond acceptors (Lipinski definition) is 5. The van der Waals surface area contributed by atoms with E-state index in [9.17, 15) is 9.59 Å². The van der Waals surface area contributed by atoms with Gasteiger partial charge in [0.2, 0.25) is 0 Å². The number of anilines is 1. The molecule has 1 atom stereocenters. The molecule has 1 heterocycles. The van der Waals surface area contributed by atoms with E-state index in [1.165, 1.54) is 0 Å². The molecule has 2 aromatic rings. The first kappa shape index (κ1) is 20.7. The molecule has 0 bridgehead atoms. The molecule has 1 aliphatic heterocycles. The third-order valence-electron chi connectivity index (χ3n) is 5.06. The number of piperazine rings is 1. The lowest BCUT2D eigenvalue weighted by Gasteiger charge is -2.37. The van der Waals surface area contributed by atoms with Crippen LogP contribution in [0.2, 0.25) is 0 Å². The van der Waals surface area contributed by atoms with Crippen LogP contribution in [0.15, 0.2) is 48.5 Å². The number of ether oxygens (including phenoxy) is 2. The van der Waals surface area contributed by atoms with Gasteiger partial charge < -0.3 is 19.3 Å². The van der Waals surface area contributed by atoms with Crippen molar-refractivity contribution in [2.24, 2.45) is 0 Å². The molecule has 0 spiro atoms. The van der Waals surface area contributed by atoms with E-state index >= 15 is 0 Å². The maximum Gasteiger partial charge on any atom is 0.344 e. The second-order valence-corrected chi connectivity index (χ2v) is 7.34. The van der Waals surface area contributed by atoms with Crippen molar-refractivity contribution in [3.63, 3.8) is 0 Å². The van der Waals surface area contributed by atoms with Crippen molar-refractivity contribution in [1.82, 2.24) is 4.90 Å². The average Bonchev–Trinajstić information content (AvgIpc) is 2.74. The van der Waals surface area contributed by atoms with Gasteiger partial charge in [0.25, 0.3) is 5.91 Å². The molecular weight excluding hydrogens is 368 g/mol. The highest BCUT2D eigenvalue weighted by Crippen LogP contribution is 2.19. The minimum absolute atomic E-state index is 0.169. The van der Waals surface area contributed by atoms with Crippen molar-refractivity contribution in [3.8, 4) is 5.75 Å². The highest BCUT2D eigenvalue weighted by molar-refractivity contribution is 5.84. The summed E-state index contributed by atoms with van der Waals surface area (Å²) >= 11 is 0. The molecule has 2 aromatic carbocycles. The first-order valence-corrected chi connectivity index (χ1v) is 9.92. The number of aryl methyl sites for hydroxylation is 2. The van der Waals surface area contributed by atoms with E-state index in [4.69, 9.17) is 9.47 Å². The van der Waals surface area contributed by atoms with E-state index in [1.807, 2.05) is 50.2 Å². The van der Waals surface area contributed by atoms with Gasteiger partial charge in [0, 0.05) is 31.9 Å². The molecule has 154 valence electrons. The molecule has 3 rings (SSSR count). The van der Waals surface area contributed by atoms with Crippen molar-refractivity contribution < 1.29 is 19.1 Å². The lowest BCUT2D eigenvalue weighted by molar-refractivity contribution is -0.160. The number of benzene rings is 2. The predicted octanol–water partition coefficient (Wildman–Crippen LogP) is 2.96. The number of amides is 1. The van der Waals surface area contributed by atoms with Crippen LogP contribution in [0.25, 0.3) is 0 Å². The normalized spacial score (nSPS) is 15.0. The summed E-state index contributed by atoms with van der Waals surface area (Å²) in [4.78, 5) is 28.8. The van der Waals surface area contributed by atoms with Crippen LogP contribution in [0.1, 0.15) is 18.1 Å². The fourth-order valence-corrected chi connectivity index (χ4v) is 3.36. The van der Waals surface area contributed by atoms with E-state index in [0.717, 1.165) is 29.9 Å². The third kappa shape index (κ3) is 5.50. The van der Waals surface area contributed by atoms with E-state index in [2.05, 4.69) is 17.0 Å². The predicted molar refractivity (Wildman–Crippen MR) is 112 cm³/mol. The zero-order valence-corrected chi connectivity index (χ0v) is 17.3. The van der Waals surface area contributed by atoms with Crippen molar-refractivity contribution >= 4 is 17.6 Å². The number of para-hydroxylation sites is 1. The maximum atomic E-state index is 12.6. The Morgan fingerprint density at radius 2 is 1.69 bits per heavy atom. The number of rotatable bonds is 6. The SMILES string of the molecule is Cc1ccc(C)c(OCC(=O)OC(C)C(=O)N2CCN(c3ccccc3)CC2)c1. The molecule has 0 aliphatic carbocycles. The fraction of sp³-hybridized carbons (Fsp3) is 0.391. The highest BCUT2D eigenvalue weighted by Gasteiger charge is 2.27. The second kappa shape index (κ2) is 9.45. The van der Waals surface area contributed by atoms with E-state index in [-0.39, 0.29) is 12.5 Å². The molecule has 6 heteroatoms. The van der Waals surface area contributed by atoms with Crippen LogP contribution in [0.4, 0.5) is 5.69 Å². The number of carbonyl (C=O) groups is 2. The summed E-state index contributed by atoms with van der Waals surface area (Å²) < 4.78 is 10.9. The van der Waals surface area contributed by atoms with Gasteiger partial charge >= 0.3 is 5.97 Å². The molecule has 0 N–H and O–H groups in total. The topological polar surface area (TPSA) is 59.1 Å². The number of hydrogen-bond donors (Lipinski definition) is 0. The lowest BCUT2D eigenvalue weighted by atomic mass is 10.1. The van der Waals surface area contributed by atoms with Gasteiger partial charge in [-0.1, -0.05) is 30.3 Å². The summed E-state index contributed by atoms with van der Waals surface area (Å²) in [6, 6.07) is 15.9. The Labute approximate surface area is 172 Å². The Kier molecular flexibility index (Phi) is 6.75. The van der Waals surface area contributed by atoms with Crippen molar-refractivity contribution in [1.29, 1.82) is 0 Å². The molecule has 29 heavy (non-hydrogen) atoms. The Balaban J connectivity index is 1.45. The number of carbonyl (C=O) groups excluding carboxylic acids is 2. The van der Waals surface area contributed by atoms with Crippen LogP contribution >= 0.6 is 0 Å². The average molecular weight is 396 g/mol. The Bertz CT molecular complexity index is 845. The number of esters is 1. The molecule has 0 radical (unpaired) electrons. The van der Waals surface area contributed by atoms with Crippen LogP contribution in [-0.2, 0) is 14.3 Å². The van der Waals surface area contributed by atoms with Crippen molar-refractivity contribution in [2.45, 2.75) is 26.9 Å². The summed E-state index contributed by atoms with van der Waals surface area (Å²) in [6.45, 7) is 8.00. The molecule has 1 fully saturated rings. The molecule has 0 aromatic heterocycles. The minimum atomic E-state index is -0.826. The largest absolute Gasteiger partial charge is 0.482 e. The van der Waals surface area contributed by atoms with Gasteiger partial charge in [-0.25, -0.2) is 4.79 Å². The standard InChI is InChI=1S/C23H28N2O4/c1-17-9-10-18(2)21(15-17)28-16-22(26)29-19(3)23(27)25-13-11-24(12-14-25)20-7-5-4-6-8-20/h4-10,15,19H,11-14,16H2,1-3H3. The van der Waals surface area contributed by atoms with Gasteiger partial charge in [-0.2, -0.15) is 0 Å². The third-order valence-corrected chi connectivity index (χ3v) is 5.06. The Morgan fingerprint density at radius 3 is 2.38 bits per heavy atom. The Hall–Kier alpha value is -3.02. The summed E-state index contributed by atoms with van der Waals surface area (Å²) in [5.41, 5.74) is 3.16. The molecule has 1 amide bonds. The zero-order valence-electron chi connectivity index (χ0n) is 17.3. The molecule has 1 aliphatic rings. The monoisotopic (exact) mass is 396 g/mol.